The van der Waals surface area contributed by atoms with Crippen LogP contribution in [-0.2, 0) is 6.42 Å². The molecule has 0 fully saturated rings. The van der Waals surface area contributed by atoms with Gasteiger partial charge in [-0.25, -0.2) is 9.97 Å². The Morgan fingerprint density at radius 3 is 2.48 bits per heavy atom. The Morgan fingerprint density at radius 2 is 1.80 bits per heavy atom. The van der Waals surface area contributed by atoms with E-state index in [9.17, 15) is 0 Å². The molecule has 0 bridgehead atoms. The zero-order valence-corrected chi connectivity index (χ0v) is 14.3. The normalized spacial score (nSPS) is 11.8. The highest BCUT2D eigenvalue weighted by atomic mass is 14.9. The van der Waals surface area contributed by atoms with Crippen molar-refractivity contribution in [2.75, 3.05) is 5.32 Å². The Hall–Kier alpha value is -2.98. The van der Waals surface area contributed by atoms with Crippen molar-refractivity contribution in [1.82, 2.24) is 9.97 Å². The Balaban J connectivity index is 1.63. The van der Waals surface area contributed by atoms with Crippen LogP contribution < -0.4 is 11.1 Å². The maximum absolute atomic E-state index is 6.26. The van der Waals surface area contributed by atoms with Crippen LogP contribution in [0.5, 0.6) is 0 Å². The van der Waals surface area contributed by atoms with Crippen molar-refractivity contribution in [2.24, 2.45) is 5.73 Å². The molecule has 4 nitrogen and oxygen atoms in total. The van der Waals surface area contributed by atoms with E-state index < -0.39 is 0 Å². The average molecular weight is 330 g/mol. The number of anilines is 1. The van der Waals surface area contributed by atoms with E-state index in [4.69, 9.17) is 5.73 Å². The summed E-state index contributed by atoms with van der Waals surface area (Å²) in [5, 5.41) is 3.30. The van der Waals surface area contributed by atoms with Gasteiger partial charge in [-0.1, -0.05) is 49.0 Å². The first-order valence-electron chi connectivity index (χ1n) is 8.27. The molecule has 4 heteroatoms. The predicted molar refractivity (Wildman–Crippen MR) is 103 cm³/mol. The van der Waals surface area contributed by atoms with Gasteiger partial charge in [0.2, 0.25) is 0 Å². The lowest BCUT2D eigenvalue weighted by Crippen LogP contribution is -2.28. The maximum Gasteiger partial charge on any atom is 0.125 e. The summed E-state index contributed by atoms with van der Waals surface area (Å²) in [4.78, 5) is 8.57. The number of rotatable bonds is 6. The van der Waals surface area contributed by atoms with Crippen molar-refractivity contribution in [1.29, 1.82) is 0 Å². The lowest BCUT2D eigenvalue weighted by atomic mass is 10.0. The van der Waals surface area contributed by atoms with Crippen LogP contribution >= 0.6 is 0 Å². The van der Waals surface area contributed by atoms with Gasteiger partial charge < -0.3 is 11.1 Å². The van der Waals surface area contributed by atoms with Gasteiger partial charge in [0, 0.05) is 29.2 Å². The topological polar surface area (TPSA) is 63.8 Å². The summed E-state index contributed by atoms with van der Waals surface area (Å²) in [5.74, 6) is 0.764. The second-order valence-corrected chi connectivity index (χ2v) is 6.01. The third-order valence-corrected chi connectivity index (χ3v) is 4.01. The Bertz CT molecular complexity index is 841. The molecule has 1 aromatic heterocycles. The van der Waals surface area contributed by atoms with Gasteiger partial charge in [-0.15, -0.1) is 0 Å². The van der Waals surface area contributed by atoms with Gasteiger partial charge in [-0.05, 0) is 37.1 Å². The molecule has 3 rings (SSSR count). The van der Waals surface area contributed by atoms with Gasteiger partial charge in [0.15, 0.2) is 0 Å². The van der Waals surface area contributed by atoms with Gasteiger partial charge in [-0.2, -0.15) is 0 Å². The highest BCUT2D eigenvalue weighted by Crippen LogP contribution is 2.20. The fourth-order valence-electron chi connectivity index (χ4n) is 2.61. The molecular formula is C21H22N4. The zero-order valence-electron chi connectivity index (χ0n) is 14.3. The first-order chi connectivity index (χ1) is 12.1. The van der Waals surface area contributed by atoms with Crippen molar-refractivity contribution >= 4 is 5.69 Å². The number of aryl methyl sites for hydroxylation is 1. The van der Waals surface area contributed by atoms with E-state index in [1.807, 2.05) is 55.5 Å². The van der Waals surface area contributed by atoms with E-state index in [2.05, 4.69) is 34.0 Å². The molecule has 0 saturated heterocycles. The fraction of sp³-hybridized carbons (Fsp3) is 0.143. The SMILES string of the molecule is C=C(Nc1ccc(-c2ccnc(C)n2)cc1)C(N)Cc1ccccc1. The van der Waals surface area contributed by atoms with E-state index in [0.717, 1.165) is 34.9 Å². The summed E-state index contributed by atoms with van der Waals surface area (Å²) >= 11 is 0. The molecule has 1 atom stereocenters. The molecule has 0 saturated carbocycles. The number of nitrogens with two attached hydrogens (primary N) is 1. The van der Waals surface area contributed by atoms with Crippen LogP contribution in [0.4, 0.5) is 5.69 Å². The minimum absolute atomic E-state index is 0.147. The maximum atomic E-state index is 6.26. The number of hydrogen-bond acceptors (Lipinski definition) is 4. The molecule has 0 amide bonds. The van der Waals surface area contributed by atoms with E-state index in [-0.39, 0.29) is 6.04 Å². The van der Waals surface area contributed by atoms with Crippen LogP contribution in [0.3, 0.4) is 0 Å². The van der Waals surface area contributed by atoms with Crippen molar-refractivity contribution in [3.05, 3.63) is 90.5 Å². The van der Waals surface area contributed by atoms with Crippen LogP contribution in [0, 0.1) is 6.92 Å². The van der Waals surface area contributed by atoms with Crippen molar-refractivity contribution in [3.8, 4) is 11.3 Å². The molecule has 0 aliphatic heterocycles. The highest BCUT2D eigenvalue weighted by Gasteiger charge is 2.09. The minimum Gasteiger partial charge on any atom is -0.358 e. The van der Waals surface area contributed by atoms with E-state index >= 15 is 0 Å². The lowest BCUT2D eigenvalue weighted by molar-refractivity contribution is 0.770. The van der Waals surface area contributed by atoms with Crippen molar-refractivity contribution < 1.29 is 0 Å². The summed E-state index contributed by atoms with van der Waals surface area (Å²) < 4.78 is 0. The summed E-state index contributed by atoms with van der Waals surface area (Å²) in [6.45, 7) is 5.97. The Labute approximate surface area is 148 Å². The standard InChI is InChI=1S/C21H22N4/c1-15(20(22)14-17-6-4-3-5-7-17)24-19-10-8-18(9-11-19)21-12-13-23-16(2)25-21/h3-13,20,24H,1,14,22H2,2H3. The van der Waals surface area contributed by atoms with Gasteiger partial charge >= 0.3 is 0 Å². The van der Waals surface area contributed by atoms with Crippen LogP contribution in [0.2, 0.25) is 0 Å². The summed E-state index contributed by atoms with van der Waals surface area (Å²) in [6.07, 6.45) is 2.53. The molecule has 1 unspecified atom stereocenters. The molecule has 2 aromatic carbocycles. The monoisotopic (exact) mass is 330 g/mol. The number of benzene rings is 2. The Morgan fingerprint density at radius 1 is 1.08 bits per heavy atom. The molecular weight excluding hydrogens is 308 g/mol. The van der Waals surface area contributed by atoms with Crippen molar-refractivity contribution in [2.45, 2.75) is 19.4 Å². The first kappa shape index (κ1) is 16.9. The molecule has 0 aliphatic rings. The molecule has 0 aliphatic carbocycles. The molecule has 3 N–H and O–H groups in total. The van der Waals surface area contributed by atoms with Crippen LogP contribution in [0.25, 0.3) is 11.3 Å². The van der Waals surface area contributed by atoms with Gasteiger partial charge in [0.1, 0.15) is 5.82 Å². The summed E-state index contributed by atoms with van der Waals surface area (Å²) in [7, 11) is 0. The van der Waals surface area contributed by atoms with Gasteiger partial charge in [0.05, 0.1) is 5.69 Å². The van der Waals surface area contributed by atoms with E-state index in [0.29, 0.717) is 0 Å². The average Bonchev–Trinajstić information content (AvgIpc) is 2.63. The van der Waals surface area contributed by atoms with E-state index in [1.165, 1.54) is 5.56 Å². The largest absolute Gasteiger partial charge is 0.358 e. The number of aromatic nitrogens is 2. The third kappa shape index (κ3) is 4.52. The molecule has 0 spiro atoms. The van der Waals surface area contributed by atoms with Crippen molar-refractivity contribution in [3.63, 3.8) is 0 Å². The smallest absolute Gasteiger partial charge is 0.125 e. The molecule has 1 heterocycles. The van der Waals surface area contributed by atoms with Gasteiger partial charge in [0.25, 0.3) is 0 Å². The molecule has 126 valence electrons. The number of hydrogen-bond donors (Lipinski definition) is 2. The van der Waals surface area contributed by atoms with Crippen LogP contribution in [-0.4, -0.2) is 16.0 Å². The predicted octanol–water partition coefficient (Wildman–Crippen LogP) is 3.95. The quantitative estimate of drug-likeness (QED) is 0.718. The third-order valence-electron chi connectivity index (χ3n) is 4.01. The molecule has 3 aromatic rings. The Kier molecular flexibility index (Phi) is 5.21. The molecule has 0 radical (unpaired) electrons. The second kappa shape index (κ2) is 7.73. The highest BCUT2D eigenvalue weighted by molar-refractivity contribution is 5.63. The van der Waals surface area contributed by atoms with Crippen LogP contribution in [0.15, 0.2) is 79.1 Å². The summed E-state index contributed by atoms with van der Waals surface area (Å²) in [6, 6.07) is 20.0. The lowest BCUT2D eigenvalue weighted by Gasteiger charge is -2.17. The number of nitrogens with one attached hydrogen (secondary N) is 1. The zero-order chi connectivity index (χ0) is 17.6. The second-order valence-electron chi connectivity index (χ2n) is 6.01. The number of nitrogens with zero attached hydrogens (tertiary/aromatic N) is 2. The molecule has 25 heavy (non-hydrogen) atoms. The summed E-state index contributed by atoms with van der Waals surface area (Å²) in [5.41, 5.74) is 11.2. The van der Waals surface area contributed by atoms with E-state index in [1.54, 1.807) is 6.20 Å². The van der Waals surface area contributed by atoms with Crippen LogP contribution in [0.1, 0.15) is 11.4 Å². The fourth-order valence-corrected chi connectivity index (χ4v) is 2.61. The minimum atomic E-state index is -0.147. The van der Waals surface area contributed by atoms with Gasteiger partial charge in [-0.3, -0.25) is 0 Å². The first-order valence-corrected chi connectivity index (χ1v) is 8.27.